The summed E-state index contributed by atoms with van der Waals surface area (Å²) >= 11 is 0. The molecule has 11 heavy (non-hydrogen) atoms. The summed E-state index contributed by atoms with van der Waals surface area (Å²) < 4.78 is 12.4. The Morgan fingerprint density at radius 1 is 1.64 bits per heavy atom. The van der Waals surface area contributed by atoms with Gasteiger partial charge in [0, 0.05) is 5.75 Å². The average molecular weight is 190 g/mol. The Labute approximate surface area is 69.2 Å². The molecule has 1 aliphatic heterocycles. The predicted molar refractivity (Wildman–Crippen MR) is 42.0 cm³/mol. The largest absolute Gasteiger partial charge is 0.289 e. The number of fused-ring (bicyclic) bond motifs is 1. The van der Waals surface area contributed by atoms with Gasteiger partial charge in [-0.2, -0.15) is 4.39 Å². The van der Waals surface area contributed by atoms with Crippen molar-refractivity contribution >= 4 is 21.6 Å². The van der Waals surface area contributed by atoms with Gasteiger partial charge < -0.3 is 0 Å². The molecule has 0 fully saturated rings. The van der Waals surface area contributed by atoms with E-state index in [0.717, 1.165) is 0 Å². The van der Waals surface area contributed by atoms with Crippen LogP contribution in [0.3, 0.4) is 0 Å². The lowest BCUT2D eigenvalue weighted by Gasteiger charge is -1.92. The molecule has 0 aliphatic carbocycles. The highest BCUT2D eigenvalue weighted by atomic mass is 33.1. The van der Waals surface area contributed by atoms with Crippen LogP contribution in [0.5, 0.6) is 0 Å². The SMILES string of the molecule is O=c1[nH]c(F)nc2c1SSC2. The monoisotopic (exact) mass is 190 g/mol. The molecule has 0 unspecified atom stereocenters. The summed E-state index contributed by atoms with van der Waals surface area (Å²) in [5, 5.41) is 0. The quantitative estimate of drug-likeness (QED) is 0.492. The van der Waals surface area contributed by atoms with Gasteiger partial charge in [0.2, 0.25) is 0 Å². The minimum Gasteiger partial charge on any atom is -0.282 e. The van der Waals surface area contributed by atoms with Crippen LogP contribution in [0.1, 0.15) is 5.69 Å². The number of rotatable bonds is 0. The van der Waals surface area contributed by atoms with Gasteiger partial charge in [-0.1, -0.05) is 10.8 Å². The number of hydrogen-bond donors (Lipinski definition) is 1. The highest BCUT2D eigenvalue weighted by molar-refractivity contribution is 8.76. The molecule has 58 valence electrons. The second-order valence-electron chi connectivity index (χ2n) is 1.98. The molecule has 2 heterocycles. The Morgan fingerprint density at radius 2 is 2.45 bits per heavy atom. The van der Waals surface area contributed by atoms with Crippen molar-refractivity contribution < 1.29 is 4.39 Å². The lowest BCUT2D eigenvalue weighted by molar-refractivity contribution is 0.524. The van der Waals surface area contributed by atoms with Crippen LogP contribution in [-0.4, -0.2) is 9.97 Å². The Morgan fingerprint density at radius 3 is 3.27 bits per heavy atom. The number of aromatic amines is 1. The summed E-state index contributed by atoms with van der Waals surface area (Å²) in [7, 11) is 2.84. The Bertz CT molecular complexity index is 351. The zero-order valence-electron chi connectivity index (χ0n) is 5.26. The van der Waals surface area contributed by atoms with E-state index in [0.29, 0.717) is 16.3 Å². The molecule has 1 aliphatic rings. The van der Waals surface area contributed by atoms with Gasteiger partial charge >= 0.3 is 0 Å². The molecule has 1 N–H and O–H groups in total. The van der Waals surface area contributed by atoms with Crippen molar-refractivity contribution in [2.45, 2.75) is 10.6 Å². The molecule has 6 heteroatoms. The van der Waals surface area contributed by atoms with Crippen molar-refractivity contribution in [1.82, 2.24) is 9.97 Å². The maximum absolute atomic E-state index is 12.4. The lowest BCUT2D eigenvalue weighted by atomic mass is 10.4. The summed E-state index contributed by atoms with van der Waals surface area (Å²) in [6.07, 6.45) is -0.795. The highest BCUT2D eigenvalue weighted by Gasteiger charge is 2.18. The van der Waals surface area contributed by atoms with Crippen molar-refractivity contribution in [3.8, 4) is 0 Å². The lowest BCUT2D eigenvalue weighted by Crippen LogP contribution is -2.13. The second-order valence-corrected chi connectivity index (χ2v) is 4.28. The average Bonchev–Trinajstić information content (AvgIpc) is 2.34. The van der Waals surface area contributed by atoms with E-state index < -0.39 is 6.08 Å². The number of nitrogens with zero attached hydrogens (tertiary/aromatic N) is 1. The Hall–Kier alpha value is -0.490. The predicted octanol–water partition coefficient (Wildman–Crippen LogP) is 1.16. The van der Waals surface area contributed by atoms with E-state index in [1.165, 1.54) is 21.6 Å². The van der Waals surface area contributed by atoms with Crippen molar-refractivity contribution in [1.29, 1.82) is 0 Å². The molecule has 0 spiro atoms. The van der Waals surface area contributed by atoms with Crippen molar-refractivity contribution in [2.24, 2.45) is 0 Å². The van der Waals surface area contributed by atoms with Gasteiger partial charge in [-0.25, -0.2) is 4.98 Å². The van der Waals surface area contributed by atoms with E-state index in [2.05, 4.69) is 4.98 Å². The Kier molecular flexibility index (Phi) is 1.65. The summed E-state index contributed by atoms with van der Waals surface area (Å²) in [6, 6.07) is 0. The van der Waals surface area contributed by atoms with Crippen molar-refractivity contribution in [3.63, 3.8) is 0 Å². The summed E-state index contributed by atoms with van der Waals surface area (Å²) in [6.45, 7) is 0. The van der Waals surface area contributed by atoms with E-state index >= 15 is 0 Å². The third-order valence-corrected chi connectivity index (χ3v) is 3.56. The third kappa shape index (κ3) is 1.16. The number of halogens is 1. The van der Waals surface area contributed by atoms with Crippen molar-refractivity contribution in [2.75, 3.05) is 0 Å². The third-order valence-electron chi connectivity index (χ3n) is 1.26. The molecule has 1 aromatic heterocycles. The van der Waals surface area contributed by atoms with Gasteiger partial charge in [0.1, 0.15) is 4.90 Å². The van der Waals surface area contributed by atoms with Crippen LogP contribution in [0.2, 0.25) is 0 Å². The number of nitrogens with one attached hydrogen (secondary N) is 1. The summed E-state index contributed by atoms with van der Waals surface area (Å²) in [5.41, 5.74) is 0.184. The van der Waals surface area contributed by atoms with Crippen LogP contribution in [0.15, 0.2) is 9.69 Å². The minimum absolute atomic E-state index is 0.373. The minimum atomic E-state index is -0.795. The highest BCUT2D eigenvalue weighted by Crippen LogP contribution is 2.40. The molecular weight excluding hydrogens is 187 g/mol. The van der Waals surface area contributed by atoms with E-state index in [9.17, 15) is 9.18 Å². The zero-order valence-corrected chi connectivity index (χ0v) is 6.89. The molecule has 0 aromatic carbocycles. The second kappa shape index (κ2) is 2.53. The number of H-pyrrole nitrogens is 1. The number of hydrogen-bond acceptors (Lipinski definition) is 4. The van der Waals surface area contributed by atoms with Gasteiger partial charge in [0.25, 0.3) is 11.6 Å². The standard InChI is InChI=1S/C5H3FN2OS2/c6-5-7-2-1-10-11-3(2)4(9)8-5/h1H2,(H,7,8,9). The zero-order chi connectivity index (χ0) is 7.84. The normalized spacial score (nSPS) is 15.0. The fourth-order valence-electron chi connectivity index (χ4n) is 0.807. The Balaban J connectivity index is 2.70. The summed E-state index contributed by atoms with van der Waals surface area (Å²) in [4.78, 5) is 17.1. The van der Waals surface area contributed by atoms with Gasteiger partial charge in [-0.3, -0.25) is 9.78 Å². The topological polar surface area (TPSA) is 45.8 Å². The maximum atomic E-state index is 12.4. The fourth-order valence-corrected chi connectivity index (χ4v) is 3.12. The van der Waals surface area contributed by atoms with Gasteiger partial charge in [0.15, 0.2) is 0 Å². The van der Waals surface area contributed by atoms with Crippen LogP contribution in [0.25, 0.3) is 0 Å². The fraction of sp³-hybridized carbons (Fsp3) is 0.200. The van der Waals surface area contributed by atoms with Gasteiger partial charge in [-0.05, 0) is 10.8 Å². The molecule has 3 nitrogen and oxygen atoms in total. The van der Waals surface area contributed by atoms with Crippen LogP contribution in [0, 0.1) is 6.08 Å². The van der Waals surface area contributed by atoms with E-state index in [-0.39, 0.29) is 5.56 Å². The molecule has 0 bridgehead atoms. The summed E-state index contributed by atoms with van der Waals surface area (Å²) in [5.74, 6) is 0.612. The van der Waals surface area contributed by atoms with Gasteiger partial charge in [0.05, 0.1) is 5.69 Å². The molecule has 0 radical (unpaired) electrons. The van der Waals surface area contributed by atoms with Crippen LogP contribution in [0.4, 0.5) is 4.39 Å². The van der Waals surface area contributed by atoms with E-state index in [4.69, 9.17) is 0 Å². The van der Waals surface area contributed by atoms with E-state index in [1.807, 2.05) is 4.98 Å². The van der Waals surface area contributed by atoms with Crippen LogP contribution in [-0.2, 0) is 5.75 Å². The first-order valence-electron chi connectivity index (χ1n) is 2.85. The molecule has 0 saturated carbocycles. The number of aromatic nitrogens is 2. The molecule has 0 amide bonds. The van der Waals surface area contributed by atoms with Crippen molar-refractivity contribution in [3.05, 3.63) is 22.1 Å². The molecule has 2 rings (SSSR count). The molecule has 0 saturated heterocycles. The van der Waals surface area contributed by atoms with E-state index in [1.54, 1.807) is 0 Å². The smallest absolute Gasteiger partial charge is 0.282 e. The first-order valence-corrected chi connectivity index (χ1v) is 5.17. The molecule has 0 atom stereocenters. The van der Waals surface area contributed by atoms with Gasteiger partial charge in [-0.15, -0.1) is 0 Å². The van der Waals surface area contributed by atoms with Crippen LogP contribution >= 0.6 is 21.6 Å². The maximum Gasteiger partial charge on any atom is 0.289 e. The first kappa shape index (κ1) is 7.17. The first-order chi connectivity index (χ1) is 5.27. The van der Waals surface area contributed by atoms with Crippen LogP contribution < -0.4 is 5.56 Å². The molecule has 1 aromatic rings. The molecular formula is C5H3FN2OS2.